The molecule has 0 saturated heterocycles. The fourth-order valence-corrected chi connectivity index (χ4v) is 2.70. The van der Waals surface area contributed by atoms with Crippen LogP contribution < -0.4 is 11.1 Å². The largest absolute Gasteiger partial charge is 0.370 e. The van der Waals surface area contributed by atoms with Crippen molar-refractivity contribution in [3.8, 4) is 0 Å². The Morgan fingerprint density at radius 2 is 2.05 bits per heavy atom. The second-order valence-electron chi connectivity index (χ2n) is 4.80. The monoisotopic (exact) mass is 301 g/mol. The number of rotatable bonds is 6. The van der Waals surface area contributed by atoms with Crippen molar-refractivity contribution in [2.45, 2.75) is 18.7 Å². The molecule has 0 amide bonds. The van der Waals surface area contributed by atoms with Crippen molar-refractivity contribution in [1.29, 1.82) is 0 Å². The van der Waals surface area contributed by atoms with Crippen LogP contribution in [0.3, 0.4) is 0 Å². The van der Waals surface area contributed by atoms with Gasteiger partial charge < -0.3 is 11.1 Å². The third kappa shape index (κ3) is 5.16. The molecule has 0 radical (unpaired) electrons. The molecule has 0 saturated carbocycles. The Hall–Kier alpha value is -1.63. The highest BCUT2D eigenvalue weighted by atomic mass is 32.2. The predicted octanol–water partition coefficient (Wildman–Crippen LogP) is 1.16. The molecule has 1 aromatic rings. The van der Waals surface area contributed by atoms with Gasteiger partial charge in [0.15, 0.2) is 15.8 Å². The van der Waals surface area contributed by atoms with E-state index in [1.54, 1.807) is 0 Å². The summed E-state index contributed by atoms with van der Waals surface area (Å²) in [6, 6.07) is 5.31. The van der Waals surface area contributed by atoms with Crippen molar-refractivity contribution in [1.82, 2.24) is 5.32 Å². The average molecular weight is 301 g/mol. The highest BCUT2D eigenvalue weighted by Gasteiger charge is 2.18. The van der Waals surface area contributed by atoms with Crippen molar-refractivity contribution < 1.29 is 12.8 Å². The lowest BCUT2D eigenvalue weighted by atomic mass is 10.2. The number of nitrogens with zero attached hydrogens (tertiary/aromatic N) is 1. The van der Waals surface area contributed by atoms with E-state index in [4.69, 9.17) is 5.73 Å². The third-order valence-electron chi connectivity index (χ3n) is 2.48. The van der Waals surface area contributed by atoms with Crippen molar-refractivity contribution in [2.24, 2.45) is 16.6 Å². The van der Waals surface area contributed by atoms with Crippen molar-refractivity contribution >= 4 is 15.8 Å². The number of nitrogens with one attached hydrogen (secondary N) is 1. The van der Waals surface area contributed by atoms with Gasteiger partial charge in [0.05, 0.1) is 5.75 Å². The molecule has 0 spiro atoms. The third-order valence-corrected chi connectivity index (χ3v) is 4.22. The topological polar surface area (TPSA) is 84.5 Å². The summed E-state index contributed by atoms with van der Waals surface area (Å²) >= 11 is 0. The Morgan fingerprint density at radius 3 is 2.65 bits per heavy atom. The molecule has 0 bridgehead atoms. The van der Waals surface area contributed by atoms with E-state index in [9.17, 15) is 12.8 Å². The molecule has 20 heavy (non-hydrogen) atoms. The molecule has 1 rings (SSSR count). The number of halogens is 1. The zero-order chi connectivity index (χ0) is 15.2. The first-order chi connectivity index (χ1) is 9.33. The second kappa shape index (κ2) is 7.23. The first kappa shape index (κ1) is 16.4. The molecule has 0 aliphatic heterocycles. The van der Waals surface area contributed by atoms with E-state index in [-0.39, 0.29) is 23.2 Å². The lowest BCUT2D eigenvalue weighted by Gasteiger charge is -2.08. The minimum atomic E-state index is -3.67. The van der Waals surface area contributed by atoms with E-state index in [0.29, 0.717) is 12.5 Å². The van der Waals surface area contributed by atoms with Gasteiger partial charge in [-0.2, -0.15) is 0 Å². The zero-order valence-electron chi connectivity index (χ0n) is 11.6. The molecule has 0 atom stereocenters. The van der Waals surface area contributed by atoms with Crippen LogP contribution in [0.4, 0.5) is 4.39 Å². The van der Waals surface area contributed by atoms with E-state index in [2.05, 4.69) is 10.3 Å². The number of nitrogens with two attached hydrogens (primary N) is 1. The number of sulfone groups is 1. The van der Waals surface area contributed by atoms with E-state index in [1.165, 1.54) is 18.2 Å². The van der Waals surface area contributed by atoms with E-state index < -0.39 is 15.7 Å². The fourth-order valence-electron chi connectivity index (χ4n) is 1.46. The first-order valence-electron chi connectivity index (χ1n) is 6.34. The Kier molecular flexibility index (Phi) is 5.94. The summed E-state index contributed by atoms with van der Waals surface area (Å²) in [5.74, 6) is -0.417. The smallest absolute Gasteiger partial charge is 0.188 e. The molecule has 0 aromatic heterocycles. The minimum absolute atomic E-state index is 0.0874. The van der Waals surface area contributed by atoms with Crippen LogP contribution >= 0.6 is 0 Å². The van der Waals surface area contributed by atoms with Gasteiger partial charge in [-0.25, -0.2) is 12.8 Å². The number of benzene rings is 1. The van der Waals surface area contributed by atoms with Crippen LogP contribution in [0.25, 0.3) is 0 Å². The van der Waals surface area contributed by atoms with Crippen molar-refractivity contribution in [3.63, 3.8) is 0 Å². The van der Waals surface area contributed by atoms with Gasteiger partial charge >= 0.3 is 0 Å². The quantitative estimate of drug-likeness (QED) is 0.610. The van der Waals surface area contributed by atoms with Gasteiger partial charge in [-0.05, 0) is 18.1 Å². The molecule has 5 nitrogen and oxygen atoms in total. The maximum atomic E-state index is 13.4. The van der Waals surface area contributed by atoms with E-state index in [0.717, 1.165) is 6.07 Å². The summed E-state index contributed by atoms with van der Waals surface area (Å²) in [6.45, 7) is 4.65. The molecule has 0 unspecified atom stereocenters. The maximum absolute atomic E-state index is 13.4. The molecule has 7 heteroatoms. The van der Waals surface area contributed by atoms with Gasteiger partial charge in [0, 0.05) is 13.1 Å². The summed E-state index contributed by atoms with van der Waals surface area (Å²) in [5.41, 5.74) is 5.59. The second-order valence-corrected chi connectivity index (χ2v) is 6.87. The molecule has 0 aliphatic rings. The minimum Gasteiger partial charge on any atom is -0.370 e. The summed E-state index contributed by atoms with van der Waals surface area (Å²) in [7, 11) is -3.67. The Labute approximate surface area is 119 Å². The van der Waals surface area contributed by atoms with Crippen LogP contribution in [-0.2, 0) is 9.84 Å². The molecule has 0 aliphatic carbocycles. The average Bonchev–Trinajstić information content (AvgIpc) is 2.36. The number of hydrogen-bond acceptors (Lipinski definition) is 3. The SMILES string of the molecule is CC(C)CN=C(N)NCCS(=O)(=O)c1ccccc1F. The van der Waals surface area contributed by atoms with Gasteiger partial charge in [0.2, 0.25) is 0 Å². The van der Waals surface area contributed by atoms with Gasteiger partial charge in [-0.3, -0.25) is 4.99 Å². The predicted molar refractivity (Wildman–Crippen MR) is 77.8 cm³/mol. The van der Waals surface area contributed by atoms with Crippen LogP contribution in [-0.4, -0.2) is 33.2 Å². The molecule has 0 fully saturated rings. The number of aliphatic imine (C=N–C) groups is 1. The fraction of sp³-hybridized carbons (Fsp3) is 0.462. The van der Waals surface area contributed by atoms with Gasteiger partial charge in [-0.1, -0.05) is 26.0 Å². The van der Waals surface area contributed by atoms with Gasteiger partial charge in [0.1, 0.15) is 10.7 Å². The zero-order valence-corrected chi connectivity index (χ0v) is 12.5. The Balaban J connectivity index is 2.57. The maximum Gasteiger partial charge on any atom is 0.188 e. The highest BCUT2D eigenvalue weighted by molar-refractivity contribution is 7.91. The summed E-state index contributed by atoms with van der Waals surface area (Å²) in [6.07, 6.45) is 0. The summed E-state index contributed by atoms with van der Waals surface area (Å²) in [5, 5.41) is 2.71. The number of hydrogen-bond donors (Lipinski definition) is 2. The van der Waals surface area contributed by atoms with Crippen LogP contribution in [0, 0.1) is 11.7 Å². The van der Waals surface area contributed by atoms with E-state index in [1.807, 2.05) is 13.8 Å². The van der Waals surface area contributed by atoms with Crippen LogP contribution in [0.2, 0.25) is 0 Å². The van der Waals surface area contributed by atoms with Crippen LogP contribution in [0.5, 0.6) is 0 Å². The molecular weight excluding hydrogens is 281 g/mol. The number of guanidine groups is 1. The molecule has 3 N–H and O–H groups in total. The van der Waals surface area contributed by atoms with Crippen molar-refractivity contribution in [2.75, 3.05) is 18.8 Å². The standard InChI is InChI=1S/C13H20FN3O2S/c1-10(2)9-17-13(15)16-7-8-20(18,19)12-6-4-3-5-11(12)14/h3-6,10H,7-9H2,1-2H3,(H3,15,16,17). The normalized spacial score (nSPS) is 12.7. The first-order valence-corrected chi connectivity index (χ1v) is 7.99. The lowest BCUT2D eigenvalue weighted by molar-refractivity contribution is 0.566. The molecule has 112 valence electrons. The van der Waals surface area contributed by atoms with Crippen LogP contribution in [0.15, 0.2) is 34.2 Å². The highest BCUT2D eigenvalue weighted by Crippen LogP contribution is 2.14. The van der Waals surface area contributed by atoms with Crippen molar-refractivity contribution in [3.05, 3.63) is 30.1 Å². The molecule has 0 heterocycles. The van der Waals surface area contributed by atoms with Gasteiger partial charge in [0.25, 0.3) is 0 Å². The van der Waals surface area contributed by atoms with E-state index >= 15 is 0 Å². The Bertz CT molecular complexity index is 571. The molecular formula is C13H20FN3O2S. The summed E-state index contributed by atoms with van der Waals surface area (Å²) < 4.78 is 37.3. The summed E-state index contributed by atoms with van der Waals surface area (Å²) in [4.78, 5) is 3.76. The lowest BCUT2D eigenvalue weighted by Crippen LogP contribution is -2.35. The Morgan fingerprint density at radius 1 is 1.40 bits per heavy atom. The molecule has 1 aromatic carbocycles. The van der Waals surface area contributed by atoms with Crippen LogP contribution in [0.1, 0.15) is 13.8 Å². The van der Waals surface area contributed by atoms with Gasteiger partial charge in [-0.15, -0.1) is 0 Å².